The van der Waals surface area contributed by atoms with Crippen molar-refractivity contribution in [1.82, 2.24) is 34.9 Å². The predicted molar refractivity (Wildman–Crippen MR) is 139 cm³/mol. The molecule has 4 N–H and O–H groups in total. The first-order chi connectivity index (χ1) is 17.2. The van der Waals surface area contributed by atoms with Crippen LogP contribution in [0.2, 0.25) is 5.15 Å². The van der Waals surface area contributed by atoms with Gasteiger partial charge >= 0.3 is 0 Å². The standard InChI is InChI=1S/C24H30ClN9O2/c1-5-33(6-2)8-7-27-22(35)15-10-16(28-12-15)11-18-19-20(25)29-24(26)30-21(19)34(23(18)36)13-17-9-14(3)32(4)31-17/h9-12,28H,5-8,13H2,1-4H3,(H,27,35)(H2,26,29,30). The van der Waals surface area contributed by atoms with Crippen molar-refractivity contribution in [2.75, 3.05) is 36.8 Å². The van der Waals surface area contributed by atoms with Gasteiger partial charge in [-0.05, 0) is 38.2 Å². The number of nitrogens with two attached hydrogens (primary N) is 1. The summed E-state index contributed by atoms with van der Waals surface area (Å²) in [6.45, 7) is 9.48. The van der Waals surface area contributed by atoms with Crippen LogP contribution in [0.1, 0.15) is 46.9 Å². The predicted octanol–water partition coefficient (Wildman–Crippen LogP) is 2.24. The normalized spacial score (nSPS) is 14.2. The molecule has 4 heterocycles. The molecule has 3 aromatic heterocycles. The SMILES string of the molecule is CCN(CC)CCNC(=O)c1c[nH]c(C=C2C(=O)N(Cc3cc(C)n(C)n3)c3nc(N)nc(Cl)c32)c1. The third-order valence-corrected chi connectivity index (χ3v) is 6.50. The van der Waals surface area contributed by atoms with Crippen molar-refractivity contribution in [1.29, 1.82) is 0 Å². The van der Waals surface area contributed by atoms with Gasteiger partial charge in [-0.3, -0.25) is 19.2 Å². The average molecular weight is 512 g/mol. The van der Waals surface area contributed by atoms with E-state index in [1.54, 1.807) is 23.0 Å². The molecule has 11 nitrogen and oxygen atoms in total. The van der Waals surface area contributed by atoms with E-state index >= 15 is 0 Å². The lowest BCUT2D eigenvalue weighted by molar-refractivity contribution is -0.113. The number of aromatic nitrogens is 5. The Morgan fingerprint density at radius 1 is 1.28 bits per heavy atom. The van der Waals surface area contributed by atoms with E-state index in [9.17, 15) is 9.59 Å². The van der Waals surface area contributed by atoms with Crippen LogP contribution in [0.5, 0.6) is 0 Å². The first-order valence-electron chi connectivity index (χ1n) is 11.8. The zero-order chi connectivity index (χ0) is 26.0. The van der Waals surface area contributed by atoms with Gasteiger partial charge in [0.05, 0.1) is 28.9 Å². The van der Waals surface area contributed by atoms with Crippen molar-refractivity contribution >= 4 is 46.8 Å². The molecule has 1 aliphatic heterocycles. The molecule has 0 aliphatic carbocycles. The number of nitrogens with one attached hydrogen (secondary N) is 2. The fourth-order valence-electron chi connectivity index (χ4n) is 4.12. The summed E-state index contributed by atoms with van der Waals surface area (Å²) >= 11 is 6.41. The maximum atomic E-state index is 13.5. The maximum absolute atomic E-state index is 13.5. The van der Waals surface area contributed by atoms with Gasteiger partial charge < -0.3 is 20.9 Å². The molecule has 12 heteroatoms. The minimum atomic E-state index is -0.310. The van der Waals surface area contributed by atoms with Gasteiger partial charge in [0.1, 0.15) is 5.15 Å². The Bertz CT molecular complexity index is 1300. The highest BCUT2D eigenvalue weighted by Crippen LogP contribution is 2.41. The van der Waals surface area contributed by atoms with Crippen molar-refractivity contribution in [3.8, 4) is 0 Å². The van der Waals surface area contributed by atoms with Gasteiger partial charge in [-0.1, -0.05) is 25.4 Å². The Balaban J connectivity index is 1.58. The minimum Gasteiger partial charge on any atom is -0.368 e. The summed E-state index contributed by atoms with van der Waals surface area (Å²) in [6, 6.07) is 3.58. The molecule has 36 heavy (non-hydrogen) atoms. The number of carbonyl (C=O) groups is 2. The molecule has 190 valence electrons. The molecule has 0 saturated heterocycles. The first-order valence-corrected chi connectivity index (χ1v) is 12.1. The van der Waals surface area contributed by atoms with Crippen molar-refractivity contribution in [3.63, 3.8) is 0 Å². The lowest BCUT2D eigenvalue weighted by Gasteiger charge is -2.17. The van der Waals surface area contributed by atoms with E-state index in [-0.39, 0.29) is 29.5 Å². The number of amides is 2. The van der Waals surface area contributed by atoms with Gasteiger partial charge in [0.25, 0.3) is 11.8 Å². The third kappa shape index (κ3) is 5.12. The number of rotatable bonds is 9. The molecule has 0 atom stereocenters. The van der Waals surface area contributed by atoms with Crippen LogP contribution in [0.15, 0.2) is 18.3 Å². The first kappa shape index (κ1) is 25.4. The molecular formula is C24H30ClN9O2. The monoisotopic (exact) mass is 511 g/mol. The number of aryl methyl sites for hydroxylation is 2. The van der Waals surface area contributed by atoms with E-state index in [4.69, 9.17) is 17.3 Å². The summed E-state index contributed by atoms with van der Waals surface area (Å²) in [6.07, 6.45) is 3.25. The zero-order valence-corrected chi connectivity index (χ0v) is 21.6. The number of H-pyrrole nitrogens is 1. The van der Waals surface area contributed by atoms with E-state index in [0.717, 1.165) is 25.3 Å². The molecule has 0 radical (unpaired) electrons. The van der Waals surface area contributed by atoms with E-state index in [1.807, 2.05) is 20.0 Å². The number of aromatic amines is 1. The van der Waals surface area contributed by atoms with Crippen LogP contribution in [0, 0.1) is 6.92 Å². The number of halogens is 1. The van der Waals surface area contributed by atoms with Crippen LogP contribution in [0.25, 0.3) is 11.6 Å². The summed E-state index contributed by atoms with van der Waals surface area (Å²) in [5, 5.41) is 7.45. The van der Waals surface area contributed by atoms with Crippen molar-refractivity contribution < 1.29 is 9.59 Å². The molecule has 0 spiro atoms. The van der Waals surface area contributed by atoms with E-state index in [1.165, 1.54) is 4.90 Å². The zero-order valence-electron chi connectivity index (χ0n) is 20.8. The van der Waals surface area contributed by atoms with Gasteiger partial charge in [-0.15, -0.1) is 0 Å². The summed E-state index contributed by atoms with van der Waals surface area (Å²) in [5.41, 5.74) is 9.23. The Kier molecular flexibility index (Phi) is 7.41. The Morgan fingerprint density at radius 3 is 2.69 bits per heavy atom. The van der Waals surface area contributed by atoms with Gasteiger partial charge in [-0.2, -0.15) is 10.1 Å². The number of anilines is 2. The van der Waals surface area contributed by atoms with Crippen molar-refractivity contribution in [2.45, 2.75) is 27.3 Å². The average Bonchev–Trinajstić information content (AvgIpc) is 3.50. The minimum absolute atomic E-state index is 0.0291. The largest absolute Gasteiger partial charge is 0.368 e. The number of likely N-dealkylation sites (N-methyl/N-ethyl adjacent to an activating group) is 1. The topological polar surface area (TPSA) is 138 Å². The lowest BCUT2D eigenvalue weighted by Crippen LogP contribution is -2.34. The van der Waals surface area contributed by atoms with Crippen LogP contribution in [0.4, 0.5) is 11.8 Å². The Labute approximate surface area is 214 Å². The molecule has 0 bridgehead atoms. The van der Waals surface area contributed by atoms with E-state index < -0.39 is 0 Å². The summed E-state index contributed by atoms with van der Waals surface area (Å²) in [5.74, 6) is -0.205. The Hall–Kier alpha value is -3.70. The van der Waals surface area contributed by atoms with E-state index in [2.05, 4.69) is 44.1 Å². The summed E-state index contributed by atoms with van der Waals surface area (Å²) in [7, 11) is 1.84. The fraction of sp³-hybridized carbons (Fsp3) is 0.375. The number of nitrogens with zero attached hydrogens (tertiary/aromatic N) is 6. The maximum Gasteiger partial charge on any atom is 0.260 e. The third-order valence-electron chi connectivity index (χ3n) is 6.22. The second-order valence-electron chi connectivity index (χ2n) is 8.55. The summed E-state index contributed by atoms with van der Waals surface area (Å²) in [4.78, 5) is 41.2. The molecule has 0 aromatic carbocycles. The molecule has 2 amide bonds. The number of hydrogen-bond acceptors (Lipinski definition) is 7. The summed E-state index contributed by atoms with van der Waals surface area (Å²) < 4.78 is 1.74. The lowest BCUT2D eigenvalue weighted by atomic mass is 10.1. The molecule has 4 rings (SSSR count). The molecule has 0 unspecified atom stereocenters. The highest BCUT2D eigenvalue weighted by molar-refractivity contribution is 6.41. The van der Waals surface area contributed by atoms with Crippen LogP contribution in [0.3, 0.4) is 0 Å². The van der Waals surface area contributed by atoms with Crippen molar-refractivity contribution in [2.24, 2.45) is 7.05 Å². The van der Waals surface area contributed by atoms with E-state index in [0.29, 0.717) is 40.5 Å². The smallest absolute Gasteiger partial charge is 0.260 e. The molecule has 0 fully saturated rings. The number of hydrogen-bond donors (Lipinski definition) is 3. The number of carbonyl (C=O) groups excluding carboxylic acids is 2. The fourth-order valence-corrected chi connectivity index (χ4v) is 4.39. The quantitative estimate of drug-likeness (QED) is 0.296. The Morgan fingerprint density at radius 2 is 2.03 bits per heavy atom. The van der Waals surface area contributed by atoms with Crippen LogP contribution >= 0.6 is 11.6 Å². The van der Waals surface area contributed by atoms with Gasteiger partial charge in [-0.25, -0.2) is 4.98 Å². The van der Waals surface area contributed by atoms with Crippen LogP contribution in [-0.2, 0) is 18.4 Å². The number of fused-ring (bicyclic) bond motifs is 1. The highest BCUT2D eigenvalue weighted by atomic mass is 35.5. The molecule has 1 aliphatic rings. The highest BCUT2D eigenvalue weighted by Gasteiger charge is 2.37. The van der Waals surface area contributed by atoms with Crippen LogP contribution < -0.4 is 16.0 Å². The number of nitrogen functional groups attached to an aromatic ring is 1. The molecule has 3 aromatic rings. The second kappa shape index (κ2) is 10.5. The molecule has 0 saturated carbocycles. The van der Waals surface area contributed by atoms with Gasteiger partial charge in [0, 0.05) is 37.7 Å². The van der Waals surface area contributed by atoms with Gasteiger partial charge in [0.2, 0.25) is 5.95 Å². The van der Waals surface area contributed by atoms with Crippen LogP contribution in [-0.4, -0.2) is 67.6 Å². The second-order valence-corrected chi connectivity index (χ2v) is 8.91. The van der Waals surface area contributed by atoms with Gasteiger partial charge in [0.15, 0.2) is 5.82 Å². The van der Waals surface area contributed by atoms with Crippen molar-refractivity contribution in [3.05, 3.63) is 51.7 Å². The molecular weight excluding hydrogens is 482 g/mol.